The minimum Gasteiger partial charge on any atom is -0.497 e. The molecule has 2 atom stereocenters. The molecule has 1 aromatic heterocycles. The molecule has 152 valence electrons. The molecule has 1 fully saturated rings. The summed E-state index contributed by atoms with van der Waals surface area (Å²) < 4.78 is 5.12. The van der Waals surface area contributed by atoms with Crippen LogP contribution in [0.3, 0.4) is 0 Å². The molecule has 1 aromatic carbocycles. The van der Waals surface area contributed by atoms with Crippen LogP contribution in [0.1, 0.15) is 35.8 Å². The Morgan fingerprint density at radius 3 is 2.79 bits per heavy atom. The molecular weight excluding hydrogens is 390 g/mol. The topological polar surface area (TPSA) is 87.7 Å². The van der Waals surface area contributed by atoms with Gasteiger partial charge in [-0.15, -0.1) is 11.3 Å². The second-order valence-electron chi connectivity index (χ2n) is 7.36. The van der Waals surface area contributed by atoms with Crippen LogP contribution < -0.4 is 15.4 Å². The Kier molecular flexibility index (Phi) is 5.04. The molecule has 2 aliphatic rings. The maximum absolute atomic E-state index is 13.3. The Morgan fingerprint density at radius 1 is 1.31 bits per heavy atom. The quantitative estimate of drug-likeness (QED) is 0.738. The van der Waals surface area contributed by atoms with E-state index in [-0.39, 0.29) is 11.8 Å². The van der Waals surface area contributed by atoms with E-state index in [1.807, 2.05) is 35.7 Å². The number of aryl methyl sites for hydroxylation is 1. The summed E-state index contributed by atoms with van der Waals surface area (Å²) in [7, 11) is 1.59. The lowest BCUT2D eigenvalue weighted by atomic mass is 9.80. The largest absolute Gasteiger partial charge is 0.497 e. The predicted octanol–water partition coefficient (Wildman–Crippen LogP) is 2.55. The number of hydrogen-bond acceptors (Lipinski definition) is 5. The van der Waals surface area contributed by atoms with Crippen molar-refractivity contribution in [1.29, 1.82) is 0 Å². The van der Waals surface area contributed by atoms with E-state index in [1.54, 1.807) is 25.4 Å². The van der Waals surface area contributed by atoms with Gasteiger partial charge < -0.3 is 15.4 Å². The van der Waals surface area contributed by atoms with Gasteiger partial charge >= 0.3 is 6.03 Å². The third-order valence-electron chi connectivity index (χ3n) is 5.68. The number of carbonyl (C=O) groups excluding carboxylic acids is 3. The van der Waals surface area contributed by atoms with Crippen LogP contribution in [0, 0.1) is 0 Å². The standard InChI is InChI=1S/C21H23N3O4S/c1-13(18(25)22-12-14-5-7-15(28-2)8-6-14)24-19(26)21(23-20(24)27)10-3-4-17-16(21)9-11-29-17/h5-9,11,13H,3-4,10,12H2,1-2H3,(H,22,25)(H,23,27)/t13-,21+/m1/s1. The van der Waals surface area contributed by atoms with E-state index < -0.39 is 17.6 Å². The molecule has 4 amide bonds. The zero-order chi connectivity index (χ0) is 20.6. The number of fused-ring (bicyclic) bond motifs is 2. The average molecular weight is 413 g/mol. The number of carbonyl (C=O) groups is 3. The fourth-order valence-electron chi connectivity index (χ4n) is 4.06. The van der Waals surface area contributed by atoms with Gasteiger partial charge in [0.2, 0.25) is 5.91 Å². The Balaban J connectivity index is 1.47. The first-order valence-corrected chi connectivity index (χ1v) is 10.5. The van der Waals surface area contributed by atoms with E-state index in [1.165, 1.54) is 0 Å². The van der Waals surface area contributed by atoms with Gasteiger partial charge in [0, 0.05) is 17.0 Å². The van der Waals surface area contributed by atoms with Crippen LogP contribution in [-0.2, 0) is 28.1 Å². The summed E-state index contributed by atoms with van der Waals surface area (Å²) in [4.78, 5) is 40.9. The van der Waals surface area contributed by atoms with E-state index >= 15 is 0 Å². The van der Waals surface area contributed by atoms with Crippen LogP contribution in [0.5, 0.6) is 5.75 Å². The monoisotopic (exact) mass is 413 g/mol. The highest BCUT2D eigenvalue weighted by atomic mass is 32.1. The van der Waals surface area contributed by atoms with E-state index in [0.717, 1.165) is 39.5 Å². The summed E-state index contributed by atoms with van der Waals surface area (Å²) in [5.41, 5.74) is 0.741. The number of urea groups is 1. The first kappa shape index (κ1) is 19.4. The third-order valence-corrected chi connectivity index (χ3v) is 6.66. The molecule has 1 aliphatic heterocycles. The molecule has 7 nitrogen and oxygen atoms in total. The number of amides is 4. The Hall–Kier alpha value is -2.87. The van der Waals surface area contributed by atoms with Crippen LogP contribution in [0.2, 0.25) is 0 Å². The number of benzene rings is 1. The van der Waals surface area contributed by atoms with Crippen LogP contribution in [-0.4, -0.2) is 35.9 Å². The summed E-state index contributed by atoms with van der Waals surface area (Å²) in [5.74, 6) is 0.0232. The zero-order valence-corrected chi connectivity index (χ0v) is 17.2. The van der Waals surface area contributed by atoms with E-state index in [2.05, 4.69) is 10.6 Å². The minimum atomic E-state index is -1.03. The molecule has 8 heteroatoms. The molecular formula is C21H23N3O4S. The van der Waals surface area contributed by atoms with Crippen LogP contribution >= 0.6 is 11.3 Å². The van der Waals surface area contributed by atoms with Crippen molar-refractivity contribution in [2.24, 2.45) is 0 Å². The molecule has 0 saturated carbocycles. The van der Waals surface area contributed by atoms with Gasteiger partial charge in [0.05, 0.1) is 7.11 Å². The van der Waals surface area contributed by atoms with Crippen molar-refractivity contribution in [3.8, 4) is 5.75 Å². The fraction of sp³-hybridized carbons (Fsp3) is 0.381. The first-order valence-electron chi connectivity index (χ1n) is 9.59. The van der Waals surface area contributed by atoms with Crippen LogP contribution in [0.4, 0.5) is 4.79 Å². The molecule has 29 heavy (non-hydrogen) atoms. The molecule has 1 saturated heterocycles. The van der Waals surface area contributed by atoms with Gasteiger partial charge in [0.25, 0.3) is 5.91 Å². The Morgan fingerprint density at radius 2 is 2.07 bits per heavy atom. The second-order valence-corrected chi connectivity index (χ2v) is 8.36. The van der Waals surface area contributed by atoms with Crippen molar-refractivity contribution in [2.75, 3.05) is 7.11 Å². The first-order chi connectivity index (χ1) is 14.0. The summed E-state index contributed by atoms with van der Waals surface area (Å²) in [5, 5.41) is 7.64. The Bertz CT molecular complexity index is 955. The van der Waals surface area contributed by atoms with Gasteiger partial charge in [-0.3, -0.25) is 9.59 Å². The second kappa shape index (κ2) is 7.51. The lowest BCUT2D eigenvalue weighted by Crippen LogP contribution is -2.50. The van der Waals surface area contributed by atoms with Crippen molar-refractivity contribution in [2.45, 2.75) is 44.3 Å². The average Bonchev–Trinajstić information content (AvgIpc) is 3.30. The SMILES string of the molecule is COc1ccc(CNC(=O)[C@@H](C)N2C(=O)N[C@]3(CCCc4sccc43)C2=O)cc1. The zero-order valence-electron chi connectivity index (χ0n) is 16.4. The van der Waals surface area contributed by atoms with Gasteiger partial charge in [-0.05, 0) is 55.3 Å². The minimum absolute atomic E-state index is 0.302. The van der Waals surface area contributed by atoms with E-state index in [9.17, 15) is 14.4 Å². The van der Waals surface area contributed by atoms with Crippen LogP contribution in [0.25, 0.3) is 0 Å². The Labute approximate surface area is 173 Å². The fourth-order valence-corrected chi connectivity index (χ4v) is 5.06. The molecule has 2 heterocycles. The van der Waals surface area contributed by atoms with Crippen molar-refractivity contribution in [1.82, 2.24) is 15.5 Å². The van der Waals surface area contributed by atoms with Gasteiger partial charge in [-0.1, -0.05) is 12.1 Å². The van der Waals surface area contributed by atoms with Crippen molar-refractivity contribution in [3.63, 3.8) is 0 Å². The molecule has 1 spiro atoms. The maximum atomic E-state index is 13.3. The third kappa shape index (κ3) is 3.27. The van der Waals surface area contributed by atoms with E-state index in [0.29, 0.717) is 13.0 Å². The number of nitrogens with zero attached hydrogens (tertiary/aromatic N) is 1. The predicted molar refractivity (Wildman–Crippen MR) is 109 cm³/mol. The number of thiophene rings is 1. The van der Waals surface area contributed by atoms with Gasteiger partial charge in [-0.25, -0.2) is 9.69 Å². The van der Waals surface area contributed by atoms with Gasteiger partial charge in [-0.2, -0.15) is 0 Å². The molecule has 2 N–H and O–H groups in total. The number of ether oxygens (including phenoxy) is 1. The highest BCUT2D eigenvalue weighted by molar-refractivity contribution is 7.10. The van der Waals surface area contributed by atoms with Crippen molar-refractivity contribution >= 4 is 29.2 Å². The molecule has 1 aliphatic carbocycles. The molecule has 0 radical (unpaired) electrons. The summed E-state index contributed by atoms with van der Waals surface area (Å²) in [6, 6.07) is 7.83. The number of nitrogens with one attached hydrogen (secondary N) is 2. The summed E-state index contributed by atoms with van der Waals surface area (Å²) in [6.45, 7) is 1.88. The normalized spacial score (nSPS) is 21.7. The maximum Gasteiger partial charge on any atom is 0.326 e. The lowest BCUT2D eigenvalue weighted by Gasteiger charge is -2.31. The molecule has 4 rings (SSSR count). The number of hydrogen-bond donors (Lipinski definition) is 2. The molecule has 0 bridgehead atoms. The van der Waals surface area contributed by atoms with Gasteiger partial charge in [0.15, 0.2) is 0 Å². The summed E-state index contributed by atoms with van der Waals surface area (Å²) in [6.07, 6.45) is 2.29. The van der Waals surface area contributed by atoms with E-state index in [4.69, 9.17) is 4.74 Å². The number of rotatable bonds is 5. The highest BCUT2D eigenvalue weighted by Crippen LogP contribution is 2.42. The summed E-state index contributed by atoms with van der Waals surface area (Å²) >= 11 is 1.60. The number of imide groups is 1. The molecule has 2 aromatic rings. The lowest BCUT2D eigenvalue weighted by molar-refractivity contribution is -0.138. The van der Waals surface area contributed by atoms with Gasteiger partial charge in [0.1, 0.15) is 17.3 Å². The van der Waals surface area contributed by atoms with Crippen molar-refractivity contribution in [3.05, 3.63) is 51.7 Å². The van der Waals surface area contributed by atoms with Crippen molar-refractivity contribution < 1.29 is 19.1 Å². The highest BCUT2D eigenvalue weighted by Gasteiger charge is 2.56. The smallest absolute Gasteiger partial charge is 0.326 e. The number of methoxy groups -OCH3 is 1. The molecule has 0 unspecified atom stereocenters. The van der Waals surface area contributed by atoms with Crippen LogP contribution in [0.15, 0.2) is 35.7 Å².